The molecule has 4 heteroatoms. The lowest BCUT2D eigenvalue weighted by atomic mass is 10.1. The molecule has 1 aliphatic rings. The number of nitrogens with one attached hydrogen (secondary N) is 1. The third-order valence-corrected chi connectivity index (χ3v) is 3.60. The molecule has 4 nitrogen and oxygen atoms in total. The molecule has 3 rings (SSSR count). The predicted octanol–water partition coefficient (Wildman–Crippen LogP) is 1.96. The van der Waals surface area contributed by atoms with Crippen LogP contribution in [0.3, 0.4) is 0 Å². The van der Waals surface area contributed by atoms with E-state index in [1.807, 2.05) is 19.4 Å². The third-order valence-electron chi connectivity index (χ3n) is 3.60. The quantitative estimate of drug-likeness (QED) is 0.875. The van der Waals surface area contributed by atoms with Crippen LogP contribution in [-0.4, -0.2) is 27.6 Å². The van der Waals surface area contributed by atoms with Crippen LogP contribution >= 0.6 is 0 Å². The van der Waals surface area contributed by atoms with E-state index in [-0.39, 0.29) is 0 Å². The Kier molecular flexibility index (Phi) is 2.88. The number of imidazole rings is 1. The van der Waals surface area contributed by atoms with Gasteiger partial charge in [-0.2, -0.15) is 0 Å². The Morgan fingerprint density at radius 3 is 2.94 bits per heavy atom. The first-order chi connectivity index (χ1) is 8.75. The van der Waals surface area contributed by atoms with Crippen molar-refractivity contribution in [2.45, 2.75) is 26.2 Å². The minimum Gasteiger partial charge on any atom is -0.316 e. The highest BCUT2D eigenvalue weighted by atomic mass is 15.1. The van der Waals surface area contributed by atoms with Gasteiger partial charge in [0.05, 0.1) is 17.7 Å². The molecule has 0 amide bonds. The van der Waals surface area contributed by atoms with E-state index in [9.17, 15) is 0 Å². The smallest absolute Gasteiger partial charge is 0.0994 e. The molecule has 0 saturated carbocycles. The highest BCUT2D eigenvalue weighted by Crippen LogP contribution is 2.25. The SMILES string of the molecule is Cc1ccc(-n2cncc2C2CCNC2)c(C)n1. The summed E-state index contributed by atoms with van der Waals surface area (Å²) in [5, 5.41) is 3.41. The van der Waals surface area contributed by atoms with Crippen molar-refractivity contribution in [3.8, 4) is 5.69 Å². The molecule has 1 atom stereocenters. The maximum Gasteiger partial charge on any atom is 0.0994 e. The average Bonchev–Trinajstić information content (AvgIpc) is 2.98. The van der Waals surface area contributed by atoms with Gasteiger partial charge in [-0.15, -0.1) is 0 Å². The Labute approximate surface area is 107 Å². The van der Waals surface area contributed by atoms with Gasteiger partial charge in [0.15, 0.2) is 0 Å². The summed E-state index contributed by atoms with van der Waals surface area (Å²) in [4.78, 5) is 8.85. The minimum absolute atomic E-state index is 0.563. The molecule has 0 bridgehead atoms. The molecule has 3 heterocycles. The Hall–Kier alpha value is -1.68. The summed E-state index contributed by atoms with van der Waals surface area (Å²) in [5.74, 6) is 0.563. The topological polar surface area (TPSA) is 42.7 Å². The van der Waals surface area contributed by atoms with E-state index < -0.39 is 0 Å². The van der Waals surface area contributed by atoms with Crippen molar-refractivity contribution in [3.63, 3.8) is 0 Å². The second kappa shape index (κ2) is 4.53. The molecule has 0 spiro atoms. The molecule has 1 unspecified atom stereocenters. The lowest BCUT2D eigenvalue weighted by molar-refractivity contribution is 0.711. The molecule has 1 aliphatic heterocycles. The van der Waals surface area contributed by atoms with E-state index in [0.717, 1.165) is 30.2 Å². The third kappa shape index (κ3) is 1.93. The van der Waals surface area contributed by atoms with Gasteiger partial charge in [0.25, 0.3) is 0 Å². The van der Waals surface area contributed by atoms with E-state index in [1.54, 1.807) is 0 Å². The van der Waals surface area contributed by atoms with Crippen LogP contribution in [0.2, 0.25) is 0 Å². The van der Waals surface area contributed by atoms with E-state index in [0.29, 0.717) is 5.92 Å². The van der Waals surface area contributed by atoms with Crippen LogP contribution < -0.4 is 5.32 Å². The van der Waals surface area contributed by atoms with Crippen molar-refractivity contribution in [2.75, 3.05) is 13.1 Å². The van der Waals surface area contributed by atoms with E-state index in [2.05, 4.69) is 38.9 Å². The monoisotopic (exact) mass is 242 g/mol. The van der Waals surface area contributed by atoms with Gasteiger partial charge in [0, 0.05) is 30.0 Å². The molecule has 18 heavy (non-hydrogen) atoms. The second-order valence-electron chi connectivity index (χ2n) is 4.94. The fourth-order valence-corrected chi connectivity index (χ4v) is 2.65. The summed E-state index contributed by atoms with van der Waals surface area (Å²) in [5.41, 5.74) is 4.54. The highest BCUT2D eigenvalue weighted by molar-refractivity contribution is 5.39. The first-order valence-corrected chi connectivity index (χ1v) is 6.43. The van der Waals surface area contributed by atoms with Crippen molar-refractivity contribution in [1.29, 1.82) is 0 Å². The molecule has 1 saturated heterocycles. The number of rotatable bonds is 2. The number of hydrogen-bond acceptors (Lipinski definition) is 3. The zero-order chi connectivity index (χ0) is 12.5. The second-order valence-corrected chi connectivity index (χ2v) is 4.94. The van der Waals surface area contributed by atoms with Crippen molar-refractivity contribution in [3.05, 3.63) is 41.7 Å². The standard InChI is InChI=1S/C14H18N4/c1-10-3-4-13(11(2)17-10)18-9-16-8-14(18)12-5-6-15-7-12/h3-4,8-9,12,15H,5-7H2,1-2H3. The lowest BCUT2D eigenvalue weighted by Crippen LogP contribution is -2.11. The Morgan fingerprint density at radius 2 is 2.22 bits per heavy atom. The molecule has 94 valence electrons. The van der Waals surface area contributed by atoms with Crippen LogP contribution in [0.5, 0.6) is 0 Å². The molecule has 0 aliphatic carbocycles. The van der Waals surface area contributed by atoms with Crippen LogP contribution in [0.1, 0.15) is 29.4 Å². The number of aromatic nitrogens is 3. The average molecular weight is 242 g/mol. The van der Waals surface area contributed by atoms with Crippen LogP contribution in [0, 0.1) is 13.8 Å². The van der Waals surface area contributed by atoms with Crippen molar-refractivity contribution in [1.82, 2.24) is 19.9 Å². The number of pyridine rings is 1. The number of aryl methyl sites for hydroxylation is 2. The summed E-state index contributed by atoms with van der Waals surface area (Å²) in [7, 11) is 0. The van der Waals surface area contributed by atoms with Crippen molar-refractivity contribution >= 4 is 0 Å². The van der Waals surface area contributed by atoms with Gasteiger partial charge in [-0.25, -0.2) is 4.98 Å². The Balaban J connectivity index is 2.03. The van der Waals surface area contributed by atoms with Gasteiger partial charge in [-0.05, 0) is 38.9 Å². The zero-order valence-corrected chi connectivity index (χ0v) is 10.8. The molecule has 2 aromatic heterocycles. The summed E-state index contributed by atoms with van der Waals surface area (Å²) >= 11 is 0. The Bertz CT molecular complexity index is 553. The highest BCUT2D eigenvalue weighted by Gasteiger charge is 2.21. The maximum atomic E-state index is 4.53. The zero-order valence-electron chi connectivity index (χ0n) is 10.8. The lowest BCUT2D eigenvalue weighted by Gasteiger charge is -2.14. The molecular weight excluding hydrogens is 224 g/mol. The molecule has 0 radical (unpaired) electrons. The van der Waals surface area contributed by atoms with Crippen LogP contribution in [0.15, 0.2) is 24.7 Å². The Morgan fingerprint density at radius 1 is 1.33 bits per heavy atom. The van der Waals surface area contributed by atoms with Crippen molar-refractivity contribution in [2.24, 2.45) is 0 Å². The van der Waals surface area contributed by atoms with Crippen molar-refractivity contribution < 1.29 is 0 Å². The van der Waals surface area contributed by atoms with Crippen LogP contribution in [0.25, 0.3) is 5.69 Å². The largest absolute Gasteiger partial charge is 0.316 e. The van der Waals surface area contributed by atoms with Gasteiger partial charge in [-0.3, -0.25) is 4.98 Å². The minimum atomic E-state index is 0.563. The van der Waals surface area contributed by atoms with Gasteiger partial charge in [-0.1, -0.05) is 0 Å². The van der Waals surface area contributed by atoms with E-state index in [1.165, 1.54) is 12.1 Å². The molecule has 2 aromatic rings. The van der Waals surface area contributed by atoms with Crippen LogP contribution in [0.4, 0.5) is 0 Å². The van der Waals surface area contributed by atoms with Gasteiger partial charge < -0.3 is 9.88 Å². The molecule has 0 aromatic carbocycles. The first kappa shape index (κ1) is 11.4. The molecule has 1 N–H and O–H groups in total. The number of hydrogen-bond donors (Lipinski definition) is 1. The summed E-state index contributed by atoms with van der Waals surface area (Å²) in [6.45, 7) is 6.22. The maximum absolute atomic E-state index is 4.53. The van der Waals surface area contributed by atoms with Gasteiger partial charge in [0.1, 0.15) is 0 Å². The summed E-state index contributed by atoms with van der Waals surface area (Å²) in [6, 6.07) is 4.18. The normalized spacial score (nSPS) is 19.3. The van der Waals surface area contributed by atoms with Gasteiger partial charge in [0.2, 0.25) is 0 Å². The van der Waals surface area contributed by atoms with E-state index in [4.69, 9.17) is 0 Å². The van der Waals surface area contributed by atoms with E-state index >= 15 is 0 Å². The van der Waals surface area contributed by atoms with Gasteiger partial charge >= 0.3 is 0 Å². The fraction of sp³-hybridized carbons (Fsp3) is 0.429. The first-order valence-electron chi connectivity index (χ1n) is 6.43. The fourth-order valence-electron chi connectivity index (χ4n) is 2.65. The number of nitrogens with zero attached hydrogens (tertiary/aromatic N) is 3. The summed E-state index contributed by atoms with van der Waals surface area (Å²) in [6.07, 6.45) is 5.06. The van der Waals surface area contributed by atoms with Crippen LogP contribution in [-0.2, 0) is 0 Å². The molecular formula is C14H18N4. The molecule has 1 fully saturated rings. The summed E-state index contributed by atoms with van der Waals surface area (Å²) < 4.78 is 2.18. The predicted molar refractivity (Wildman–Crippen MR) is 71.1 cm³/mol.